The topological polar surface area (TPSA) is 126 Å². The lowest BCUT2D eigenvalue weighted by Gasteiger charge is -2.17. The number of nitrogens with two attached hydrogens (primary N) is 1. The van der Waals surface area contributed by atoms with Gasteiger partial charge in [-0.15, -0.1) is 0 Å². The summed E-state index contributed by atoms with van der Waals surface area (Å²) in [5.41, 5.74) is 5.49. The van der Waals surface area contributed by atoms with Gasteiger partial charge in [0.25, 0.3) is 12.1 Å². The van der Waals surface area contributed by atoms with E-state index in [2.05, 4.69) is 5.32 Å². The summed E-state index contributed by atoms with van der Waals surface area (Å²) in [6.07, 6.45) is 0.456. The SMILES string of the molecule is CC(=O)N[C@H]1[C@H](O)[C@@H](CO)O[C@H]1[n+]1cccc(C(N)=O)c1. The van der Waals surface area contributed by atoms with Crippen molar-refractivity contribution >= 4 is 11.8 Å². The Bertz CT molecular complexity index is 550. The van der Waals surface area contributed by atoms with Crippen LogP contribution >= 0.6 is 0 Å². The second kappa shape index (κ2) is 6.17. The molecule has 114 valence electrons. The summed E-state index contributed by atoms with van der Waals surface area (Å²) in [5.74, 6) is -0.935. The minimum Gasteiger partial charge on any atom is -0.394 e. The molecule has 1 aliphatic rings. The quantitative estimate of drug-likeness (QED) is 0.470. The summed E-state index contributed by atoms with van der Waals surface area (Å²) in [7, 11) is 0. The van der Waals surface area contributed by atoms with Crippen LogP contribution in [0.4, 0.5) is 0 Å². The van der Waals surface area contributed by atoms with Gasteiger partial charge in [-0.1, -0.05) is 0 Å². The fourth-order valence-corrected chi connectivity index (χ4v) is 2.34. The monoisotopic (exact) mass is 296 g/mol. The highest BCUT2D eigenvalue weighted by molar-refractivity contribution is 5.92. The molecule has 0 saturated carbocycles. The fourth-order valence-electron chi connectivity index (χ4n) is 2.34. The van der Waals surface area contributed by atoms with E-state index in [9.17, 15) is 19.8 Å². The van der Waals surface area contributed by atoms with Crippen molar-refractivity contribution in [2.75, 3.05) is 6.61 Å². The molecule has 1 aromatic rings. The molecule has 5 N–H and O–H groups in total. The van der Waals surface area contributed by atoms with Crippen molar-refractivity contribution in [1.29, 1.82) is 0 Å². The minimum absolute atomic E-state index is 0.268. The second-order valence-corrected chi connectivity index (χ2v) is 4.87. The third-order valence-electron chi connectivity index (χ3n) is 3.32. The number of rotatable bonds is 4. The molecule has 8 nitrogen and oxygen atoms in total. The Kier molecular flexibility index (Phi) is 4.51. The molecule has 0 bridgehead atoms. The number of aromatic nitrogens is 1. The van der Waals surface area contributed by atoms with Crippen molar-refractivity contribution in [2.24, 2.45) is 5.73 Å². The third-order valence-corrected chi connectivity index (χ3v) is 3.32. The van der Waals surface area contributed by atoms with E-state index in [1.165, 1.54) is 17.7 Å². The molecule has 4 atom stereocenters. The molecule has 1 fully saturated rings. The predicted octanol–water partition coefficient (Wildman–Crippen LogP) is -2.17. The molecule has 1 saturated heterocycles. The zero-order valence-electron chi connectivity index (χ0n) is 11.5. The largest absolute Gasteiger partial charge is 0.394 e. The Morgan fingerprint density at radius 1 is 1.52 bits per heavy atom. The van der Waals surface area contributed by atoms with Gasteiger partial charge in [0, 0.05) is 13.0 Å². The summed E-state index contributed by atoms with van der Waals surface area (Å²) in [6, 6.07) is 2.40. The molecular weight excluding hydrogens is 278 g/mol. The molecule has 1 aliphatic heterocycles. The highest BCUT2D eigenvalue weighted by Gasteiger charge is 2.49. The van der Waals surface area contributed by atoms with E-state index in [1.54, 1.807) is 18.3 Å². The standard InChI is InChI=1S/C13H17N3O5/c1-7(18)15-10-11(19)9(6-17)21-13(10)16-4-2-3-8(5-16)12(14)20/h2-5,9-11,13,17,19H,6H2,1H3,(H2-,14,15,18,20)/p+1/t9-,10+,11-,13-/m1/s1. The van der Waals surface area contributed by atoms with Gasteiger partial charge in [0.1, 0.15) is 23.8 Å². The number of nitrogens with one attached hydrogen (secondary N) is 1. The zero-order valence-corrected chi connectivity index (χ0v) is 11.5. The van der Waals surface area contributed by atoms with Crippen molar-refractivity contribution in [3.8, 4) is 0 Å². The first kappa shape index (κ1) is 15.4. The van der Waals surface area contributed by atoms with Crippen LogP contribution in [0, 0.1) is 0 Å². The van der Waals surface area contributed by atoms with Crippen molar-refractivity contribution in [1.82, 2.24) is 5.32 Å². The molecule has 2 amide bonds. The van der Waals surface area contributed by atoms with Gasteiger partial charge >= 0.3 is 0 Å². The van der Waals surface area contributed by atoms with E-state index in [0.29, 0.717) is 0 Å². The molecule has 2 rings (SSSR count). The van der Waals surface area contributed by atoms with E-state index < -0.39 is 30.4 Å². The van der Waals surface area contributed by atoms with Crippen LogP contribution in [-0.4, -0.2) is 46.9 Å². The highest BCUT2D eigenvalue weighted by atomic mass is 16.5. The number of primary amides is 1. The molecular formula is C13H18N3O5+. The minimum atomic E-state index is -1.06. The van der Waals surface area contributed by atoms with Crippen molar-refractivity contribution < 1.29 is 29.1 Å². The first-order valence-electron chi connectivity index (χ1n) is 6.46. The van der Waals surface area contributed by atoms with Crippen LogP contribution in [0.3, 0.4) is 0 Å². The van der Waals surface area contributed by atoms with Gasteiger partial charge < -0.3 is 26.0 Å². The molecule has 0 unspecified atom stereocenters. The number of nitrogens with zero attached hydrogens (tertiary/aromatic N) is 1. The Hall–Kier alpha value is -2.03. The number of carbonyl (C=O) groups excluding carboxylic acids is 2. The lowest BCUT2D eigenvalue weighted by molar-refractivity contribution is -0.761. The maximum Gasteiger partial charge on any atom is 0.286 e. The number of hydrogen-bond donors (Lipinski definition) is 4. The highest BCUT2D eigenvalue weighted by Crippen LogP contribution is 2.25. The van der Waals surface area contributed by atoms with E-state index in [1.807, 2.05) is 0 Å². The van der Waals surface area contributed by atoms with E-state index in [-0.39, 0.29) is 18.1 Å². The average molecular weight is 296 g/mol. The van der Waals surface area contributed by atoms with Crippen LogP contribution in [0.1, 0.15) is 23.5 Å². The zero-order chi connectivity index (χ0) is 15.6. The number of ether oxygens (including phenoxy) is 1. The predicted molar refractivity (Wildman–Crippen MR) is 69.8 cm³/mol. The van der Waals surface area contributed by atoms with Gasteiger partial charge in [0.2, 0.25) is 5.91 Å². The Balaban J connectivity index is 2.33. The first-order valence-corrected chi connectivity index (χ1v) is 6.46. The van der Waals surface area contributed by atoms with Crippen molar-refractivity contribution in [3.63, 3.8) is 0 Å². The van der Waals surface area contributed by atoms with Crippen molar-refractivity contribution in [3.05, 3.63) is 30.1 Å². The summed E-state index contributed by atoms with van der Waals surface area (Å²) in [4.78, 5) is 22.5. The molecule has 0 aromatic carbocycles. The molecule has 0 spiro atoms. The summed E-state index contributed by atoms with van der Waals surface area (Å²) < 4.78 is 7.08. The summed E-state index contributed by atoms with van der Waals surface area (Å²) >= 11 is 0. The molecule has 0 radical (unpaired) electrons. The maximum atomic E-state index is 11.3. The van der Waals surface area contributed by atoms with Crippen LogP contribution in [-0.2, 0) is 9.53 Å². The van der Waals surface area contributed by atoms with Gasteiger partial charge in [-0.25, -0.2) is 0 Å². The normalized spacial score (nSPS) is 28.3. The summed E-state index contributed by atoms with van der Waals surface area (Å²) in [6.45, 7) is 0.935. The number of amides is 2. The molecule has 2 heterocycles. The van der Waals surface area contributed by atoms with Gasteiger partial charge in [0.05, 0.1) is 6.61 Å². The number of carbonyl (C=O) groups is 2. The molecule has 21 heavy (non-hydrogen) atoms. The van der Waals surface area contributed by atoms with Gasteiger partial charge in [-0.3, -0.25) is 9.59 Å². The van der Waals surface area contributed by atoms with E-state index >= 15 is 0 Å². The number of pyridine rings is 1. The van der Waals surface area contributed by atoms with Gasteiger partial charge in [-0.05, 0) is 6.07 Å². The van der Waals surface area contributed by atoms with Crippen LogP contribution in [0.5, 0.6) is 0 Å². The molecule has 8 heteroatoms. The van der Waals surface area contributed by atoms with E-state index in [0.717, 1.165) is 0 Å². The average Bonchev–Trinajstić information content (AvgIpc) is 2.75. The number of aliphatic hydroxyl groups is 2. The van der Waals surface area contributed by atoms with Gasteiger partial charge in [0.15, 0.2) is 12.4 Å². The fraction of sp³-hybridized carbons (Fsp3) is 0.462. The number of aliphatic hydroxyl groups excluding tert-OH is 2. The number of hydrogen-bond acceptors (Lipinski definition) is 5. The molecule has 0 aliphatic carbocycles. The lowest BCUT2D eigenvalue weighted by Crippen LogP contribution is -2.53. The Morgan fingerprint density at radius 2 is 2.24 bits per heavy atom. The Labute approximate surface area is 121 Å². The van der Waals surface area contributed by atoms with E-state index in [4.69, 9.17) is 10.5 Å². The van der Waals surface area contributed by atoms with Crippen LogP contribution in [0.15, 0.2) is 24.5 Å². The van der Waals surface area contributed by atoms with Crippen molar-refractivity contribution in [2.45, 2.75) is 31.4 Å². The van der Waals surface area contributed by atoms with Crippen LogP contribution in [0.2, 0.25) is 0 Å². The molecule has 1 aromatic heterocycles. The first-order chi connectivity index (χ1) is 9.93. The van der Waals surface area contributed by atoms with Crippen LogP contribution in [0.25, 0.3) is 0 Å². The van der Waals surface area contributed by atoms with Gasteiger partial charge in [-0.2, -0.15) is 4.57 Å². The lowest BCUT2D eigenvalue weighted by atomic mass is 10.1. The summed E-state index contributed by atoms with van der Waals surface area (Å²) in [5, 5.41) is 21.9. The third kappa shape index (κ3) is 3.18. The van der Waals surface area contributed by atoms with Crippen LogP contribution < -0.4 is 15.6 Å². The second-order valence-electron chi connectivity index (χ2n) is 4.87. The maximum absolute atomic E-state index is 11.3. The smallest absolute Gasteiger partial charge is 0.286 e. The Morgan fingerprint density at radius 3 is 2.81 bits per heavy atom.